The Morgan fingerprint density at radius 2 is 1.93 bits per heavy atom. The lowest BCUT2D eigenvalue weighted by molar-refractivity contribution is -0.384. The largest absolute Gasteiger partial charge is 0.497 e. The fraction of sp³-hybridized carbons (Fsp3) is 0.263. The SMILES string of the molecule is C=CC1c2ccc(OC)cc2CC(C)N1S(=O)(=O)c1ccc([N+](=O)[O-])cc1. The van der Waals surface area contributed by atoms with E-state index in [2.05, 4.69) is 6.58 Å². The van der Waals surface area contributed by atoms with E-state index >= 15 is 0 Å². The first kappa shape index (κ1) is 19.1. The second-order valence-corrected chi connectivity index (χ2v) is 8.23. The number of benzene rings is 2. The van der Waals surface area contributed by atoms with E-state index in [-0.39, 0.29) is 16.6 Å². The molecule has 2 aromatic carbocycles. The number of nitro benzene ring substituents is 1. The number of fused-ring (bicyclic) bond motifs is 1. The molecule has 0 spiro atoms. The Morgan fingerprint density at radius 3 is 2.48 bits per heavy atom. The van der Waals surface area contributed by atoms with Crippen molar-refractivity contribution in [1.82, 2.24) is 4.31 Å². The zero-order valence-corrected chi connectivity index (χ0v) is 15.8. The number of nitro groups is 1. The average Bonchev–Trinajstić information content (AvgIpc) is 2.66. The van der Waals surface area contributed by atoms with Crippen molar-refractivity contribution < 1.29 is 18.1 Å². The van der Waals surface area contributed by atoms with E-state index < -0.39 is 21.0 Å². The van der Waals surface area contributed by atoms with Gasteiger partial charge in [-0.2, -0.15) is 4.31 Å². The van der Waals surface area contributed by atoms with E-state index in [1.807, 2.05) is 19.1 Å². The highest BCUT2D eigenvalue weighted by molar-refractivity contribution is 7.89. The van der Waals surface area contributed by atoms with Crippen LogP contribution in [-0.2, 0) is 16.4 Å². The second-order valence-electron chi connectivity index (χ2n) is 6.38. The zero-order chi connectivity index (χ0) is 19.8. The van der Waals surface area contributed by atoms with Crippen LogP contribution in [-0.4, -0.2) is 30.8 Å². The van der Waals surface area contributed by atoms with Crippen molar-refractivity contribution >= 4 is 15.7 Å². The van der Waals surface area contributed by atoms with Gasteiger partial charge in [-0.15, -0.1) is 6.58 Å². The molecular weight excluding hydrogens is 368 g/mol. The van der Waals surface area contributed by atoms with E-state index in [9.17, 15) is 18.5 Å². The van der Waals surface area contributed by atoms with Gasteiger partial charge in [0.1, 0.15) is 5.75 Å². The summed E-state index contributed by atoms with van der Waals surface area (Å²) in [6, 6.07) is 9.65. The molecule has 2 unspecified atom stereocenters. The first-order valence-corrected chi connectivity index (χ1v) is 9.81. The Labute approximate surface area is 158 Å². The molecule has 2 aromatic rings. The first-order chi connectivity index (χ1) is 12.8. The minimum Gasteiger partial charge on any atom is -0.497 e. The molecule has 1 aliphatic heterocycles. The van der Waals surface area contributed by atoms with Gasteiger partial charge in [-0.25, -0.2) is 8.42 Å². The van der Waals surface area contributed by atoms with Gasteiger partial charge in [-0.05, 0) is 48.7 Å². The van der Waals surface area contributed by atoms with Crippen molar-refractivity contribution in [3.63, 3.8) is 0 Å². The topological polar surface area (TPSA) is 89.8 Å². The van der Waals surface area contributed by atoms with E-state index in [0.29, 0.717) is 6.42 Å². The van der Waals surface area contributed by atoms with Gasteiger partial charge in [0.2, 0.25) is 10.0 Å². The fourth-order valence-corrected chi connectivity index (χ4v) is 5.24. The molecule has 0 bridgehead atoms. The normalized spacial score (nSPS) is 19.9. The summed E-state index contributed by atoms with van der Waals surface area (Å²) in [7, 11) is -2.28. The van der Waals surface area contributed by atoms with Crippen LogP contribution < -0.4 is 4.74 Å². The minimum atomic E-state index is -3.87. The zero-order valence-electron chi connectivity index (χ0n) is 15.0. The molecule has 3 rings (SSSR count). The van der Waals surface area contributed by atoms with Gasteiger partial charge in [-0.3, -0.25) is 10.1 Å². The number of hydrogen-bond acceptors (Lipinski definition) is 5. The predicted octanol–water partition coefficient (Wildman–Crippen LogP) is 3.47. The Bertz CT molecular complexity index is 986. The van der Waals surface area contributed by atoms with Gasteiger partial charge in [0.05, 0.1) is 23.0 Å². The van der Waals surface area contributed by atoms with Gasteiger partial charge in [-0.1, -0.05) is 12.1 Å². The summed E-state index contributed by atoms with van der Waals surface area (Å²) in [6.07, 6.45) is 2.13. The maximum absolute atomic E-state index is 13.3. The third-order valence-electron chi connectivity index (χ3n) is 4.74. The van der Waals surface area contributed by atoms with Gasteiger partial charge < -0.3 is 4.74 Å². The third-order valence-corrected chi connectivity index (χ3v) is 6.75. The summed E-state index contributed by atoms with van der Waals surface area (Å²) < 4.78 is 33.2. The van der Waals surface area contributed by atoms with Crippen molar-refractivity contribution in [2.45, 2.75) is 30.3 Å². The van der Waals surface area contributed by atoms with E-state index in [0.717, 1.165) is 16.9 Å². The molecule has 2 atom stereocenters. The van der Waals surface area contributed by atoms with Crippen molar-refractivity contribution in [2.24, 2.45) is 0 Å². The molecule has 27 heavy (non-hydrogen) atoms. The summed E-state index contributed by atoms with van der Waals surface area (Å²) in [5.74, 6) is 0.718. The predicted molar refractivity (Wildman–Crippen MR) is 101 cm³/mol. The van der Waals surface area contributed by atoms with Crippen LogP contribution in [0, 0.1) is 10.1 Å². The number of hydrogen-bond donors (Lipinski definition) is 0. The van der Waals surface area contributed by atoms with Crippen LogP contribution in [0.4, 0.5) is 5.69 Å². The maximum Gasteiger partial charge on any atom is 0.269 e. The molecule has 0 amide bonds. The van der Waals surface area contributed by atoms with Crippen LogP contribution in [0.5, 0.6) is 5.75 Å². The monoisotopic (exact) mass is 388 g/mol. The van der Waals surface area contributed by atoms with Crippen molar-refractivity contribution in [3.8, 4) is 5.75 Å². The fourth-order valence-electron chi connectivity index (χ4n) is 3.47. The number of methoxy groups -OCH3 is 1. The Hall–Kier alpha value is -2.71. The Kier molecular flexibility index (Phi) is 5.03. The molecule has 0 saturated carbocycles. The number of sulfonamides is 1. The molecule has 1 aliphatic rings. The molecule has 0 aliphatic carbocycles. The maximum atomic E-state index is 13.3. The van der Waals surface area contributed by atoms with Crippen molar-refractivity contribution in [3.05, 3.63) is 76.4 Å². The molecule has 142 valence electrons. The van der Waals surface area contributed by atoms with E-state index in [4.69, 9.17) is 4.74 Å². The number of ether oxygens (including phenoxy) is 1. The molecule has 1 heterocycles. The van der Waals surface area contributed by atoms with Crippen LogP contribution in [0.2, 0.25) is 0 Å². The number of non-ortho nitro benzene ring substituents is 1. The van der Waals surface area contributed by atoms with Crippen molar-refractivity contribution in [1.29, 1.82) is 0 Å². The van der Waals surface area contributed by atoms with Gasteiger partial charge >= 0.3 is 0 Å². The molecule has 0 aromatic heterocycles. The average molecular weight is 388 g/mol. The van der Waals surface area contributed by atoms with Crippen LogP contribution in [0.25, 0.3) is 0 Å². The van der Waals surface area contributed by atoms with Crippen LogP contribution in [0.15, 0.2) is 60.0 Å². The number of nitrogens with zero attached hydrogens (tertiary/aromatic N) is 2. The molecule has 8 heteroatoms. The highest BCUT2D eigenvalue weighted by Crippen LogP contribution is 2.39. The van der Waals surface area contributed by atoms with Crippen LogP contribution in [0.1, 0.15) is 24.1 Å². The Balaban J connectivity index is 2.05. The highest BCUT2D eigenvalue weighted by atomic mass is 32.2. The summed E-state index contributed by atoms with van der Waals surface area (Å²) in [5, 5.41) is 10.8. The molecule has 0 saturated heterocycles. The summed E-state index contributed by atoms with van der Waals surface area (Å²) in [5.41, 5.74) is 1.72. The van der Waals surface area contributed by atoms with Gasteiger partial charge in [0.15, 0.2) is 0 Å². The summed E-state index contributed by atoms with van der Waals surface area (Å²) >= 11 is 0. The summed E-state index contributed by atoms with van der Waals surface area (Å²) in [6.45, 7) is 5.66. The standard InChI is InChI=1S/C19H20N2O5S/c1-4-19-18-10-7-16(26-3)12-14(18)11-13(2)20(19)27(24,25)17-8-5-15(6-9-17)21(22)23/h4-10,12-13,19H,1,11H2,2-3H3. The molecule has 0 radical (unpaired) electrons. The first-order valence-electron chi connectivity index (χ1n) is 8.37. The van der Waals surface area contributed by atoms with E-state index in [1.165, 1.54) is 28.6 Å². The smallest absolute Gasteiger partial charge is 0.269 e. The molecule has 0 fully saturated rings. The number of rotatable bonds is 5. The third kappa shape index (κ3) is 3.33. The van der Waals surface area contributed by atoms with Crippen molar-refractivity contribution in [2.75, 3.05) is 7.11 Å². The molecule has 7 nitrogen and oxygen atoms in total. The quantitative estimate of drug-likeness (QED) is 0.444. The molecule has 0 N–H and O–H groups in total. The van der Waals surface area contributed by atoms with E-state index in [1.54, 1.807) is 19.3 Å². The van der Waals surface area contributed by atoms with Gasteiger partial charge in [0, 0.05) is 18.2 Å². The summed E-state index contributed by atoms with van der Waals surface area (Å²) in [4.78, 5) is 10.3. The van der Waals surface area contributed by atoms with Gasteiger partial charge in [0.25, 0.3) is 5.69 Å². The lowest BCUT2D eigenvalue weighted by Crippen LogP contribution is -2.45. The lowest BCUT2D eigenvalue weighted by atomic mass is 9.90. The molecular formula is C19H20N2O5S. The Morgan fingerprint density at radius 1 is 1.26 bits per heavy atom. The minimum absolute atomic E-state index is 0.0174. The van der Waals surface area contributed by atoms with Crippen LogP contribution >= 0.6 is 0 Å². The lowest BCUT2D eigenvalue weighted by Gasteiger charge is -2.39. The second kappa shape index (κ2) is 7.13. The highest BCUT2D eigenvalue weighted by Gasteiger charge is 2.39. The van der Waals surface area contributed by atoms with Crippen LogP contribution in [0.3, 0.4) is 0 Å².